The Balaban J connectivity index is 0. The van der Waals surface area contributed by atoms with Gasteiger partial charge in [-0.3, -0.25) is 0 Å². The van der Waals surface area contributed by atoms with Gasteiger partial charge in [0.25, 0.3) is 0 Å². The predicted molar refractivity (Wildman–Crippen MR) is 46.6 cm³/mol. The molecule has 0 rings (SSSR count). The Morgan fingerprint density at radius 2 is 2.08 bits per heavy atom. The number of rotatable bonds is 6. The molecule has 0 aliphatic rings. The summed E-state index contributed by atoms with van der Waals surface area (Å²) < 4.78 is 0. The molecule has 0 aliphatic carbocycles. The minimum absolute atomic E-state index is 0. The average molecular weight is 229 g/mol. The Hall–Kier alpha value is 0.0549. The number of hydrogen-bond acceptors (Lipinski definition) is 4. The quantitative estimate of drug-likeness (QED) is 0.269. The molecule has 0 heterocycles. The summed E-state index contributed by atoms with van der Waals surface area (Å²) in [4.78, 5) is 10.3. The summed E-state index contributed by atoms with van der Waals surface area (Å²) in [7, 11) is -1.30. The van der Waals surface area contributed by atoms with E-state index in [0.29, 0.717) is 11.5 Å². The minimum Gasteiger partial charge on any atom is -1.00 e. The van der Waals surface area contributed by atoms with Crippen LogP contribution < -0.4 is 18.1 Å². The van der Waals surface area contributed by atoms with Gasteiger partial charge in [0.1, 0.15) is 0 Å². The fraction of sp³-hybridized carbons (Fsp3) is 0.800. The van der Waals surface area contributed by atoms with E-state index in [1.807, 2.05) is 0 Å². The Morgan fingerprint density at radius 3 is 2.46 bits per heavy atom. The first-order chi connectivity index (χ1) is 5.54. The summed E-state index contributed by atoms with van der Waals surface area (Å²) in [6.45, 7) is 0. The van der Waals surface area contributed by atoms with Crippen molar-refractivity contribution < 1.29 is 38.1 Å². The second-order valence-corrected chi connectivity index (χ2v) is 3.53. The molecule has 0 aliphatic heterocycles. The Kier molecular flexibility index (Phi) is 10.3. The lowest BCUT2D eigenvalue weighted by Gasteiger charge is -2.02. The molecule has 5 nitrogen and oxygen atoms in total. The van der Waals surface area contributed by atoms with Crippen LogP contribution in [-0.2, 0) is 4.79 Å². The van der Waals surface area contributed by atoms with Crippen molar-refractivity contribution in [2.24, 2.45) is 0 Å². The Morgan fingerprint density at radius 1 is 1.54 bits per heavy atom. The normalized spacial score (nSPS) is 11.6. The molecule has 0 amide bonds. The number of carboxylic acid groups (broad SMARTS) is 1. The third-order valence-electron chi connectivity index (χ3n) is 1.19. The van der Waals surface area contributed by atoms with Gasteiger partial charge in [0.2, 0.25) is 0 Å². The zero-order valence-electron chi connectivity index (χ0n) is 7.02. The summed E-state index contributed by atoms with van der Waals surface area (Å²) in [5.74, 6) is 0.0194. The molecule has 0 fully saturated rings. The van der Waals surface area contributed by atoms with Gasteiger partial charge in [-0.1, -0.05) is 0 Å². The van der Waals surface area contributed by atoms with E-state index in [9.17, 15) is 4.79 Å². The molecule has 6 N–H and O–H groups in total. The minimum atomic E-state index is -1.30. The SMILES string of the molecule is [Cl-].[NH3+][C@H](CSCCB(O)O)C(=O)O. The molecule has 0 aromatic rings. The van der Waals surface area contributed by atoms with Crippen molar-refractivity contribution in [3.8, 4) is 0 Å². The van der Waals surface area contributed by atoms with Crippen LogP contribution in [0.15, 0.2) is 0 Å². The molecule has 1 atom stereocenters. The van der Waals surface area contributed by atoms with Gasteiger partial charge in [-0.15, -0.1) is 0 Å². The van der Waals surface area contributed by atoms with Crippen molar-refractivity contribution in [3.63, 3.8) is 0 Å². The maximum atomic E-state index is 10.3. The molecular formula is C5H13BClNO4S. The van der Waals surface area contributed by atoms with Gasteiger partial charge >= 0.3 is 13.1 Å². The molecule has 0 aromatic heterocycles. The van der Waals surface area contributed by atoms with Gasteiger partial charge < -0.3 is 33.3 Å². The second kappa shape index (κ2) is 8.64. The summed E-state index contributed by atoms with van der Waals surface area (Å²) in [6.07, 6.45) is 0.261. The molecule has 0 bridgehead atoms. The van der Waals surface area contributed by atoms with Crippen LogP contribution in [0.25, 0.3) is 0 Å². The van der Waals surface area contributed by atoms with Crippen molar-refractivity contribution in [1.82, 2.24) is 0 Å². The van der Waals surface area contributed by atoms with Gasteiger partial charge in [0.05, 0.1) is 5.75 Å². The van der Waals surface area contributed by atoms with Crippen molar-refractivity contribution >= 4 is 24.8 Å². The first-order valence-electron chi connectivity index (χ1n) is 3.53. The molecule has 0 saturated carbocycles. The van der Waals surface area contributed by atoms with E-state index in [-0.39, 0.29) is 18.7 Å². The fourth-order valence-corrected chi connectivity index (χ4v) is 1.46. The number of quaternary nitrogens is 1. The van der Waals surface area contributed by atoms with Crippen molar-refractivity contribution in [3.05, 3.63) is 0 Å². The van der Waals surface area contributed by atoms with E-state index in [1.54, 1.807) is 0 Å². The molecule has 78 valence electrons. The van der Waals surface area contributed by atoms with Crippen LogP contribution in [0.2, 0.25) is 6.32 Å². The molecule has 0 spiro atoms. The van der Waals surface area contributed by atoms with Crippen LogP contribution in [-0.4, -0.2) is 45.8 Å². The average Bonchev–Trinajstić information content (AvgIpc) is 1.97. The van der Waals surface area contributed by atoms with E-state index in [0.717, 1.165) is 0 Å². The first-order valence-corrected chi connectivity index (χ1v) is 4.69. The Labute approximate surface area is 87.3 Å². The lowest BCUT2D eigenvalue weighted by atomic mass is 9.88. The number of thioether (sulfide) groups is 1. The van der Waals surface area contributed by atoms with Crippen molar-refractivity contribution in [2.45, 2.75) is 12.4 Å². The third kappa shape index (κ3) is 9.97. The highest BCUT2D eigenvalue weighted by molar-refractivity contribution is 7.99. The van der Waals surface area contributed by atoms with Crippen LogP contribution in [0.1, 0.15) is 0 Å². The molecule has 8 heteroatoms. The van der Waals surface area contributed by atoms with E-state index in [1.165, 1.54) is 11.8 Å². The maximum absolute atomic E-state index is 10.3. The smallest absolute Gasteiger partial charge is 0.452 e. The highest BCUT2D eigenvalue weighted by Gasteiger charge is 2.15. The van der Waals surface area contributed by atoms with Crippen molar-refractivity contribution in [2.75, 3.05) is 11.5 Å². The van der Waals surface area contributed by atoms with Gasteiger partial charge in [-0.25, -0.2) is 4.79 Å². The lowest BCUT2D eigenvalue weighted by Crippen LogP contribution is -3.00. The number of halogens is 1. The Bertz CT molecular complexity index is 150. The van der Waals surface area contributed by atoms with Crippen LogP contribution in [0.3, 0.4) is 0 Å². The van der Waals surface area contributed by atoms with E-state index in [4.69, 9.17) is 15.2 Å². The van der Waals surface area contributed by atoms with E-state index < -0.39 is 19.1 Å². The van der Waals surface area contributed by atoms with Gasteiger partial charge in [0, 0.05) is 0 Å². The summed E-state index contributed by atoms with van der Waals surface area (Å²) in [5, 5.41) is 25.3. The van der Waals surface area contributed by atoms with Gasteiger partial charge in [-0.05, 0) is 12.1 Å². The van der Waals surface area contributed by atoms with Crippen LogP contribution in [0.5, 0.6) is 0 Å². The molecule has 0 saturated heterocycles. The zero-order valence-corrected chi connectivity index (χ0v) is 8.59. The monoisotopic (exact) mass is 229 g/mol. The molecule has 0 radical (unpaired) electrons. The largest absolute Gasteiger partial charge is 1.00 e. The van der Waals surface area contributed by atoms with Crippen LogP contribution >= 0.6 is 11.8 Å². The molecule has 0 unspecified atom stereocenters. The molecular weight excluding hydrogens is 216 g/mol. The third-order valence-corrected chi connectivity index (χ3v) is 2.35. The standard InChI is InChI=1S/C5H12BNO4S.ClH/c7-4(5(8)9)3-12-2-1-6(10)11;/h4,10-11H,1-3,7H2,(H,8,9);1H/t4-;/m1./s1. The van der Waals surface area contributed by atoms with Gasteiger partial charge in [-0.2, -0.15) is 11.8 Å². The second-order valence-electron chi connectivity index (χ2n) is 2.38. The van der Waals surface area contributed by atoms with Crippen LogP contribution in [0.4, 0.5) is 0 Å². The van der Waals surface area contributed by atoms with E-state index >= 15 is 0 Å². The summed E-state index contributed by atoms with van der Waals surface area (Å²) >= 11 is 1.35. The highest BCUT2D eigenvalue weighted by atomic mass is 35.5. The summed E-state index contributed by atoms with van der Waals surface area (Å²) in [6, 6.07) is -0.620. The zero-order chi connectivity index (χ0) is 9.56. The number of carboxylic acids is 1. The van der Waals surface area contributed by atoms with Crippen LogP contribution in [0, 0.1) is 0 Å². The van der Waals surface area contributed by atoms with Gasteiger partial charge in [0.15, 0.2) is 6.04 Å². The number of carbonyl (C=O) groups is 1. The maximum Gasteiger partial charge on any atom is 0.452 e. The lowest BCUT2D eigenvalue weighted by molar-refractivity contribution is -0.400. The molecule has 13 heavy (non-hydrogen) atoms. The topological polar surface area (TPSA) is 105 Å². The van der Waals surface area contributed by atoms with E-state index in [2.05, 4.69) is 5.73 Å². The predicted octanol–water partition coefficient (Wildman–Crippen LogP) is -5.11. The van der Waals surface area contributed by atoms with Crippen molar-refractivity contribution in [1.29, 1.82) is 0 Å². The molecule has 0 aromatic carbocycles. The number of hydrogen-bond donors (Lipinski definition) is 4. The highest BCUT2D eigenvalue weighted by Crippen LogP contribution is 2.04. The first kappa shape index (κ1) is 15.5. The summed E-state index contributed by atoms with van der Waals surface area (Å²) in [5.41, 5.74) is 3.41. The fourth-order valence-electron chi connectivity index (χ4n) is 0.486. The number of aliphatic carboxylic acids is 1.